The van der Waals surface area contributed by atoms with E-state index < -0.39 is 0 Å². The average Bonchev–Trinajstić information content (AvgIpc) is 2.77. The molecule has 0 radical (unpaired) electrons. The standard InChI is InChI=1S/C15H21ClN4S/c1-10-9-11-12(17-14(16)18-13(11)21-10)19-5-7-20(8-6-19)15(2,3)4/h9H,5-8H2,1-4H3. The number of aromatic nitrogens is 2. The summed E-state index contributed by atoms with van der Waals surface area (Å²) in [5, 5.41) is 1.48. The van der Waals surface area contributed by atoms with Crippen LogP contribution in [0.5, 0.6) is 0 Å². The van der Waals surface area contributed by atoms with Crippen LogP contribution in [0.25, 0.3) is 10.2 Å². The summed E-state index contributed by atoms with van der Waals surface area (Å²) in [4.78, 5) is 15.9. The smallest absolute Gasteiger partial charge is 0.225 e. The molecule has 0 bridgehead atoms. The minimum absolute atomic E-state index is 0.226. The van der Waals surface area contributed by atoms with Crippen LogP contribution in [0.2, 0.25) is 5.28 Å². The van der Waals surface area contributed by atoms with Crippen LogP contribution in [0, 0.1) is 6.92 Å². The monoisotopic (exact) mass is 324 g/mol. The van der Waals surface area contributed by atoms with Gasteiger partial charge in [-0.15, -0.1) is 11.3 Å². The highest BCUT2D eigenvalue weighted by Crippen LogP contribution is 2.32. The molecule has 0 aromatic carbocycles. The van der Waals surface area contributed by atoms with Crippen molar-refractivity contribution >= 4 is 39.0 Å². The highest BCUT2D eigenvalue weighted by molar-refractivity contribution is 7.18. The maximum atomic E-state index is 6.10. The van der Waals surface area contributed by atoms with Gasteiger partial charge in [-0.05, 0) is 45.4 Å². The van der Waals surface area contributed by atoms with Gasteiger partial charge in [0.05, 0.1) is 5.39 Å². The Morgan fingerprint density at radius 1 is 1.14 bits per heavy atom. The van der Waals surface area contributed by atoms with Gasteiger partial charge in [0.2, 0.25) is 5.28 Å². The molecule has 0 N–H and O–H groups in total. The van der Waals surface area contributed by atoms with Crippen molar-refractivity contribution in [1.29, 1.82) is 0 Å². The maximum absolute atomic E-state index is 6.10. The van der Waals surface area contributed by atoms with E-state index in [0.29, 0.717) is 5.28 Å². The molecule has 3 rings (SSSR count). The summed E-state index contributed by atoms with van der Waals surface area (Å²) < 4.78 is 0. The number of hydrogen-bond donors (Lipinski definition) is 0. The van der Waals surface area contributed by atoms with E-state index in [1.807, 2.05) is 0 Å². The van der Waals surface area contributed by atoms with Crippen LogP contribution in [0.4, 0.5) is 5.82 Å². The normalized spacial score (nSPS) is 17.7. The minimum atomic E-state index is 0.226. The second kappa shape index (κ2) is 5.38. The molecule has 4 nitrogen and oxygen atoms in total. The SMILES string of the molecule is Cc1cc2c(N3CCN(C(C)(C)C)CC3)nc(Cl)nc2s1. The van der Waals surface area contributed by atoms with Crippen LogP contribution >= 0.6 is 22.9 Å². The largest absolute Gasteiger partial charge is 0.353 e. The van der Waals surface area contributed by atoms with Crippen LogP contribution in [0.1, 0.15) is 25.6 Å². The lowest BCUT2D eigenvalue weighted by molar-refractivity contribution is 0.128. The van der Waals surface area contributed by atoms with E-state index in [0.717, 1.165) is 42.2 Å². The molecule has 0 amide bonds. The lowest BCUT2D eigenvalue weighted by atomic mass is 10.0. The van der Waals surface area contributed by atoms with E-state index in [2.05, 4.69) is 53.5 Å². The Balaban J connectivity index is 1.88. The third-order valence-corrected chi connectivity index (χ3v) is 5.11. The van der Waals surface area contributed by atoms with Crippen molar-refractivity contribution in [2.24, 2.45) is 0 Å². The average molecular weight is 325 g/mol. The predicted molar refractivity (Wildman–Crippen MR) is 90.7 cm³/mol. The van der Waals surface area contributed by atoms with Crippen LogP contribution < -0.4 is 4.90 Å². The second-order valence-electron chi connectivity index (χ2n) is 6.54. The molecule has 114 valence electrons. The van der Waals surface area contributed by atoms with Crippen LogP contribution in [-0.4, -0.2) is 46.6 Å². The molecular weight excluding hydrogens is 304 g/mol. The lowest BCUT2D eigenvalue weighted by Crippen LogP contribution is -2.53. The molecule has 2 aromatic heterocycles. The number of anilines is 1. The first-order chi connectivity index (χ1) is 9.84. The van der Waals surface area contributed by atoms with Crippen molar-refractivity contribution in [3.05, 3.63) is 16.2 Å². The summed E-state index contributed by atoms with van der Waals surface area (Å²) in [6.45, 7) is 13.0. The van der Waals surface area contributed by atoms with Crippen molar-refractivity contribution in [2.45, 2.75) is 33.2 Å². The lowest BCUT2D eigenvalue weighted by Gasteiger charge is -2.42. The molecule has 1 fully saturated rings. The summed E-state index contributed by atoms with van der Waals surface area (Å²) in [7, 11) is 0. The summed E-state index contributed by atoms with van der Waals surface area (Å²) in [6, 6.07) is 2.17. The zero-order chi connectivity index (χ0) is 15.2. The second-order valence-corrected chi connectivity index (χ2v) is 8.11. The molecule has 3 heterocycles. The Morgan fingerprint density at radius 3 is 2.43 bits per heavy atom. The Bertz CT molecular complexity index is 653. The van der Waals surface area contributed by atoms with Crippen molar-refractivity contribution in [1.82, 2.24) is 14.9 Å². The van der Waals surface area contributed by atoms with Crippen LogP contribution in [0.15, 0.2) is 6.07 Å². The van der Waals surface area contributed by atoms with Gasteiger partial charge in [0.1, 0.15) is 10.6 Å². The Kier molecular flexibility index (Phi) is 3.84. The molecule has 21 heavy (non-hydrogen) atoms. The molecule has 1 saturated heterocycles. The molecule has 0 atom stereocenters. The fourth-order valence-electron chi connectivity index (χ4n) is 2.83. The van der Waals surface area contributed by atoms with E-state index >= 15 is 0 Å². The number of fused-ring (bicyclic) bond motifs is 1. The number of nitrogens with zero attached hydrogens (tertiary/aromatic N) is 4. The molecule has 0 unspecified atom stereocenters. The molecule has 1 aliphatic heterocycles. The van der Waals surface area contributed by atoms with Crippen LogP contribution in [-0.2, 0) is 0 Å². The van der Waals surface area contributed by atoms with E-state index in [1.165, 1.54) is 4.88 Å². The third-order valence-electron chi connectivity index (χ3n) is 4.00. The van der Waals surface area contributed by atoms with Gasteiger partial charge in [-0.1, -0.05) is 0 Å². The van der Waals surface area contributed by atoms with Crippen molar-refractivity contribution in [2.75, 3.05) is 31.1 Å². The van der Waals surface area contributed by atoms with Gasteiger partial charge in [-0.25, -0.2) is 4.98 Å². The summed E-state index contributed by atoms with van der Waals surface area (Å²) in [5.41, 5.74) is 0.226. The third kappa shape index (κ3) is 3.00. The van der Waals surface area contributed by atoms with Crippen LogP contribution in [0.3, 0.4) is 0 Å². The van der Waals surface area contributed by atoms with Crippen molar-refractivity contribution in [3.63, 3.8) is 0 Å². The predicted octanol–water partition coefficient (Wildman–Crippen LogP) is 3.57. The molecule has 2 aromatic rings. The fourth-order valence-corrected chi connectivity index (χ4v) is 3.92. The van der Waals surface area contributed by atoms with Gasteiger partial charge in [0.25, 0.3) is 0 Å². The molecule has 0 spiro atoms. The highest BCUT2D eigenvalue weighted by Gasteiger charge is 2.27. The molecule has 0 saturated carbocycles. The van der Waals surface area contributed by atoms with Gasteiger partial charge in [0.15, 0.2) is 0 Å². The van der Waals surface area contributed by atoms with Crippen molar-refractivity contribution in [3.8, 4) is 0 Å². The van der Waals surface area contributed by atoms with E-state index in [-0.39, 0.29) is 5.54 Å². The van der Waals surface area contributed by atoms with E-state index in [4.69, 9.17) is 11.6 Å². The quantitative estimate of drug-likeness (QED) is 0.751. The first-order valence-corrected chi connectivity index (χ1v) is 8.48. The first-order valence-electron chi connectivity index (χ1n) is 7.28. The highest BCUT2D eigenvalue weighted by atomic mass is 35.5. The Labute approximate surface area is 134 Å². The van der Waals surface area contributed by atoms with Crippen molar-refractivity contribution < 1.29 is 0 Å². The van der Waals surface area contributed by atoms with E-state index in [1.54, 1.807) is 11.3 Å². The minimum Gasteiger partial charge on any atom is -0.353 e. The fraction of sp³-hybridized carbons (Fsp3) is 0.600. The topological polar surface area (TPSA) is 32.3 Å². The van der Waals surface area contributed by atoms with Gasteiger partial charge in [-0.3, -0.25) is 4.90 Å². The van der Waals surface area contributed by atoms with Gasteiger partial charge < -0.3 is 4.90 Å². The molecule has 1 aliphatic rings. The summed E-state index contributed by atoms with van der Waals surface area (Å²) in [6.07, 6.45) is 0. The number of aryl methyl sites for hydroxylation is 1. The Hall–Kier alpha value is -0.910. The summed E-state index contributed by atoms with van der Waals surface area (Å²) >= 11 is 7.78. The van der Waals surface area contributed by atoms with E-state index in [9.17, 15) is 0 Å². The number of halogens is 1. The van der Waals surface area contributed by atoms with Gasteiger partial charge in [0, 0.05) is 36.6 Å². The van der Waals surface area contributed by atoms with Gasteiger partial charge >= 0.3 is 0 Å². The number of piperazine rings is 1. The first kappa shape index (κ1) is 15.0. The molecule has 0 aliphatic carbocycles. The number of hydrogen-bond acceptors (Lipinski definition) is 5. The Morgan fingerprint density at radius 2 is 1.81 bits per heavy atom. The summed E-state index contributed by atoms with van der Waals surface area (Å²) in [5.74, 6) is 0.989. The molecule has 6 heteroatoms. The number of thiophene rings is 1. The number of rotatable bonds is 1. The maximum Gasteiger partial charge on any atom is 0.225 e. The zero-order valence-electron chi connectivity index (χ0n) is 13.0. The molecular formula is C15H21ClN4S. The zero-order valence-corrected chi connectivity index (χ0v) is 14.6. The van der Waals surface area contributed by atoms with Gasteiger partial charge in [-0.2, -0.15) is 4.98 Å².